The summed E-state index contributed by atoms with van der Waals surface area (Å²) in [6.07, 6.45) is 0. The molecule has 1 aromatic carbocycles. The Morgan fingerprint density at radius 2 is 2.00 bits per heavy atom. The summed E-state index contributed by atoms with van der Waals surface area (Å²) in [6, 6.07) is 7.45. The lowest BCUT2D eigenvalue weighted by molar-refractivity contribution is 0.286. The third-order valence-corrected chi connectivity index (χ3v) is 3.00. The number of rotatable bonds is 5. The van der Waals surface area contributed by atoms with Crippen molar-refractivity contribution in [3.8, 4) is 5.75 Å². The minimum atomic E-state index is 0.219. The molecule has 19 heavy (non-hydrogen) atoms. The predicted molar refractivity (Wildman–Crippen MR) is 74.1 cm³/mol. The first kappa shape index (κ1) is 13.8. The number of nitrogens with two attached hydrogens (primary N) is 1. The standard InChI is InChI=1S/C13H17ClN4O/c1-9(2)18-13(12(7-15)16-17-18)8-19-11-5-3-10(14)4-6-11/h3-6,9H,7-8,15H2,1-2H3. The van der Waals surface area contributed by atoms with Crippen LogP contribution in [-0.4, -0.2) is 15.0 Å². The molecule has 0 aliphatic rings. The SMILES string of the molecule is CC(C)n1nnc(CN)c1COc1ccc(Cl)cc1. The average Bonchev–Trinajstić information content (AvgIpc) is 2.81. The summed E-state index contributed by atoms with van der Waals surface area (Å²) in [6.45, 7) is 4.83. The van der Waals surface area contributed by atoms with Crippen LogP contribution in [0.2, 0.25) is 5.02 Å². The van der Waals surface area contributed by atoms with E-state index < -0.39 is 0 Å². The van der Waals surface area contributed by atoms with E-state index >= 15 is 0 Å². The van der Waals surface area contributed by atoms with Gasteiger partial charge in [-0.2, -0.15) is 0 Å². The lowest BCUT2D eigenvalue weighted by Crippen LogP contribution is -2.12. The second kappa shape index (κ2) is 6.04. The van der Waals surface area contributed by atoms with E-state index in [1.165, 1.54) is 0 Å². The molecule has 0 fully saturated rings. The largest absolute Gasteiger partial charge is 0.487 e. The van der Waals surface area contributed by atoms with Crippen molar-refractivity contribution in [2.75, 3.05) is 0 Å². The van der Waals surface area contributed by atoms with Crippen molar-refractivity contribution in [2.24, 2.45) is 5.73 Å². The lowest BCUT2D eigenvalue weighted by Gasteiger charge is -2.12. The molecule has 2 aromatic rings. The molecule has 0 aliphatic carbocycles. The number of benzene rings is 1. The Balaban J connectivity index is 2.14. The van der Waals surface area contributed by atoms with Crippen molar-refractivity contribution < 1.29 is 4.74 Å². The van der Waals surface area contributed by atoms with E-state index in [9.17, 15) is 0 Å². The van der Waals surface area contributed by atoms with Crippen molar-refractivity contribution in [1.29, 1.82) is 0 Å². The highest BCUT2D eigenvalue weighted by Gasteiger charge is 2.14. The minimum absolute atomic E-state index is 0.219. The zero-order valence-corrected chi connectivity index (χ0v) is 11.8. The fourth-order valence-corrected chi connectivity index (χ4v) is 1.88. The highest BCUT2D eigenvalue weighted by Crippen LogP contribution is 2.18. The molecule has 5 nitrogen and oxygen atoms in total. The second-order valence-corrected chi connectivity index (χ2v) is 4.90. The van der Waals surface area contributed by atoms with Crippen LogP contribution in [0.4, 0.5) is 0 Å². The molecule has 1 heterocycles. The quantitative estimate of drug-likeness (QED) is 0.914. The molecule has 0 amide bonds. The molecule has 0 spiro atoms. The number of hydrogen-bond acceptors (Lipinski definition) is 4. The van der Waals surface area contributed by atoms with E-state index in [2.05, 4.69) is 10.3 Å². The Hall–Kier alpha value is -1.59. The predicted octanol–water partition coefficient (Wildman–Crippen LogP) is 2.55. The number of aromatic nitrogens is 3. The molecule has 1 aromatic heterocycles. The average molecular weight is 281 g/mol. The van der Waals surface area contributed by atoms with Gasteiger partial charge in [-0.3, -0.25) is 0 Å². The van der Waals surface area contributed by atoms with Gasteiger partial charge in [-0.25, -0.2) is 4.68 Å². The van der Waals surface area contributed by atoms with Crippen LogP contribution < -0.4 is 10.5 Å². The first-order valence-electron chi connectivity index (χ1n) is 6.13. The molecule has 0 unspecified atom stereocenters. The van der Waals surface area contributed by atoms with Crippen molar-refractivity contribution in [2.45, 2.75) is 33.0 Å². The minimum Gasteiger partial charge on any atom is -0.487 e. The van der Waals surface area contributed by atoms with Gasteiger partial charge >= 0.3 is 0 Å². The Kier molecular flexibility index (Phi) is 4.39. The molecule has 2 N–H and O–H groups in total. The Morgan fingerprint density at radius 1 is 1.32 bits per heavy atom. The number of hydrogen-bond donors (Lipinski definition) is 1. The maximum Gasteiger partial charge on any atom is 0.132 e. The lowest BCUT2D eigenvalue weighted by atomic mass is 10.3. The Morgan fingerprint density at radius 3 is 2.58 bits per heavy atom. The highest BCUT2D eigenvalue weighted by atomic mass is 35.5. The maximum atomic E-state index is 5.83. The van der Waals surface area contributed by atoms with Crippen LogP contribution in [0.25, 0.3) is 0 Å². The zero-order chi connectivity index (χ0) is 13.8. The summed E-state index contributed by atoms with van der Waals surface area (Å²) < 4.78 is 7.56. The molecule has 2 rings (SSSR count). The monoisotopic (exact) mass is 280 g/mol. The summed E-state index contributed by atoms with van der Waals surface area (Å²) in [4.78, 5) is 0. The number of halogens is 1. The van der Waals surface area contributed by atoms with Gasteiger partial charge in [0, 0.05) is 17.6 Å². The van der Waals surface area contributed by atoms with Crippen LogP contribution >= 0.6 is 11.6 Å². The number of nitrogens with zero attached hydrogens (tertiary/aromatic N) is 3. The molecule has 0 saturated carbocycles. The second-order valence-electron chi connectivity index (χ2n) is 4.47. The molecule has 0 atom stereocenters. The third-order valence-electron chi connectivity index (χ3n) is 2.74. The fraction of sp³-hybridized carbons (Fsp3) is 0.385. The van der Waals surface area contributed by atoms with E-state index in [0.717, 1.165) is 17.1 Å². The molecular formula is C13H17ClN4O. The summed E-state index contributed by atoms with van der Waals surface area (Å²) in [5, 5.41) is 8.85. The summed E-state index contributed by atoms with van der Waals surface area (Å²) >= 11 is 5.83. The van der Waals surface area contributed by atoms with Gasteiger partial charge in [0.25, 0.3) is 0 Å². The molecule has 0 saturated heterocycles. The molecule has 0 aliphatic heterocycles. The van der Waals surface area contributed by atoms with Crippen molar-refractivity contribution in [1.82, 2.24) is 15.0 Å². The molecule has 0 radical (unpaired) electrons. The van der Waals surface area contributed by atoms with E-state index in [4.69, 9.17) is 22.1 Å². The molecular weight excluding hydrogens is 264 g/mol. The first-order chi connectivity index (χ1) is 9.11. The molecule has 102 valence electrons. The van der Waals surface area contributed by atoms with Crippen LogP contribution in [0, 0.1) is 0 Å². The van der Waals surface area contributed by atoms with Crippen molar-refractivity contribution in [3.05, 3.63) is 40.7 Å². The summed E-state index contributed by atoms with van der Waals surface area (Å²) in [5.74, 6) is 0.754. The van der Waals surface area contributed by atoms with Crippen molar-refractivity contribution in [3.63, 3.8) is 0 Å². The molecule has 6 heteroatoms. The fourth-order valence-electron chi connectivity index (χ4n) is 1.75. The molecule has 0 bridgehead atoms. The van der Waals surface area contributed by atoms with Gasteiger partial charge in [0.05, 0.1) is 0 Å². The first-order valence-corrected chi connectivity index (χ1v) is 6.51. The van der Waals surface area contributed by atoms with Crippen LogP contribution in [0.5, 0.6) is 5.75 Å². The van der Waals surface area contributed by atoms with Crippen LogP contribution in [-0.2, 0) is 13.2 Å². The highest BCUT2D eigenvalue weighted by molar-refractivity contribution is 6.30. The van der Waals surface area contributed by atoms with Gasteiger partial charge in [-0.15, -0.1) is 5.10 Å². The van der Waals surface area contributed by atoms with Gasteiger partial charge in [-0.05, 0) is 38.1 Å². The van der Waals surface area contributed by atoms with Gasteiger partial charge in [-0.1, -0.05) is 16.8 Å². The van der Waals surface area contributed by atoms with E-state index in [-0.39, 0.29) is 6.04 Å². The normalized spacial score (nSPS) is 11.0. The topological polar surface area (TPSA) is 66.0 Å². The van der Waals surface area contributed by atoms with E-state index in [1.54, 1.807) is 12.1 Å². The zero-order valence-electron chi connectivity index (χ0n) is 11.0. The van der Waals surface area contributed by atoms with Crippen LogP contribution in [0.15, 0.2) is 24.3 Å². The summed E-state index contributed by atoms with van der Waals surface area (Å²) in [5.41, 5.74) is 7.34. The van der Waals surface area contributed by atoms with Gasteiger partial charge in [0.2, 0.25) is 0 Å². The van der Waals surface area contributed by atoms with Crippen LogP contribution in [0.1, 0.15) is 31.3 Å². The number of ether oxygens (including phenoxy) is 1. The third kappa shape index (κ3) is 3.24. The van der Waals surface area contributed by atoms with Gasteiger partial charge < -0.3 is 10.5 Å². The van der Waals surface area contributed by atoms with Crippen molar-refractivity contribution >= 4 is 11.6 Å². The summed E-state index contributed by atoms with van der Waals surface area (Å²) in [7, 11) is 0. The van der Waals surface area contributed by atoms with E-state index in [1.807, 2.05) is 30.7 Å². The van der Waals surface area contributed by atoms with Gasteiger partial charge in [0.1, 0.15) is 23.7 Å². The Labute approximate surface area is 117 Å². The van der Waals surface area contributed by atoms with Gasteiger partial charge in [0.15, 0.2) is 0 Å². The maximum absolute atomic E-state index is 5.83. The van der Waals surface area contributed by atoms with Crippen LogP contribution in [0.3, 0.4) is 0 Å². The smallest absolute Gasteiger partial charge is 0.132 e. The Bertz CT molecular complexity index is 536. The van der Waals surface area contributed by atoms with E-state index in [0.29, 0.717) is 18.2 Å².